The van der Waals surface area contributed by atoms with Crippen LogP contribution in [-0.4, -0.2) is 29.1 Å². The Morgan fingerprint density at radius 1 is 1.12 bits per heavy atom. The van der Waals surface area contributed by atoms with E-state index in [9.17, 15) is 4.79 Å². The van der Waals surface area contributed by atoms with Gasteiger partial charge in [0.05, 0.1) is 16.3 Å². The predicted octanol–water partition coefficient (Wildman–Crippen LogP) is 4.39. The summed E-state index contributed by atoms with van der Waals surface area (Å²) in [6.45, 7) is 0.971. The van der Waals surface area contributed by atoms with Gasteiger partial charge in [-0.3, -0.25) is 4.79 Å². The highest BCUT2D eigenvalue weighted by Crippen LogP contribution is 2.38. The average molecular weight is 366 g/mol. The molecule has 26 heavy (non-hydrogen) atoms. The number of ether oxygens (including phenoxy) is 2. The number of likely N-dealkylation sites (tertiary alicyclic amines) is 1. The molecule has 3 aromatic rings. The van der Waals surface area contributed by atoms with Crippen LogP contribution in [-0.2, 0) is 0 Å². The van der Waals surface area contributed by atoms with E-state index in [1.165, 1.54) is 4.70 Å². The van der Waals surface area contributed by atoms with Gasteiger partial charge in [0.25, 0.3) is 5.91 Å². The highest BCUT2D eigenvalue weighted by atomic mass is 32.1. The van der Waals surface area contributed by atoms with Crippen molar-refractivity contribution in [3.8, 4) is 11.5 Å². The van der Waals surface area contributed by atoms with Crippen LogP contribution in [0.15, 0.2) is 42.5 Å². The maximum absolute atomic E-state index is 13.2. The monoisotopic (exact) mass is 366 g/mol. The zero-order valence-electron chi connectivity index (χ0n) is 14.2. The molecule has 2 aromatic carbocycles. The average Bonchev–Trinajstić information content (AvgIpc) is 3.33. The predicted molar refractivity (Wildman–Crippen MR) is 99.8 cm³/mol. The maximum atomic E-state index is 13.2. The summed E-state index contributed by atoms with van der Waals surface area (Å²) in [5.41, 5.74) is 1.65. The molecule has 1 fully saturated rings. The molecular weight excluding hydrogens is 348 g/mol. The van der Waals surface area contributed by atoms with Crippen LogP contribution in [0.1, 0.15) is 40.7 Å². The number of thiazole rings is 1. The third-order valence-electron chi connectivity index (χ3n) is 4.98. The lowest BCUT2D eigenvalue weighted by Gasteiger charge is -2.34. The highest BCUT2D eigenvalue weighted by molar-refractivity contribution is 7.18. The molecule has 5 nitrogen and oxygen atoms in total. The standard InChI is InChI=1S/C20H18N2O3S/c23-20(13-8-9-16-17(11-13)25-12-24-16)22-10-4-3-6-15(22)19-21-14-5-1-2-7-18(14)26-19/h1-2,5,7-9,11,15H,3-4,6,10,12H2. The molecule has 3 heterocycles. The van der Waals surface area contributed by atoms with Gasteiger partial charge in [-0.15, -0.1) is 11.3 Å². The zero-order chi connectivity index (χ0) is 17.5. The van der Waals surface area contributed by atoms with E-state index in [-0.39, 0.29) is 18.7 Å². The molecule has 0 radical (unpaired) electrons. The Kier molecular flexibility index (Phi) is 3.78. The third-order valence-corrected chi connectivity index (χ3v) is 6.12. The van der Waals surface area contributed by atoms with E-state index in [0.29, 0.717) is 17.1 Å². The summed E-state index contributed by atoms with van der Waals surface area (Å²) >= 11 is 1.69. The van der Waals surface area contributed by atoms with Crippen LogP contribution < -0.4 is 9.47 Å². The molecule has 1 atom stereocenters. The SMILES string of the molecule is O=C(c1ccc2c(c1)OCO2)N1CCCCC1c1nc2ccccc2s1. The van der Waals surface area contributed by atoms with Gasteiger partial charge in [0.2, 0.25) is 6.79 Å². The van der Waals surface area contributed by atoms with E-state index in [4.69, 9.17) is 14.5 Å². The summed E-state index contributed by atoms with van der Waals surface area (Å²) in [5, 5.41) is 1.03. The van der Waals surface area contributed by atoms with Crippen LogP contribution in [0.2, 0.25) is 0 Å². The Morgan fingerprint density at radius 2 is 2.00 bits per heavy atom. The summed E-state index contributed by atoms with van der Waals surface area (Å²) in [6.07, 6.45) is 3.10. The van der Waals surface area contributed by atoms with Crippen molar-refractivity contribution in [2.24, 2.45) is 0 Å². The van der Waals surface area contributed by atoms with Crippen molar-refractivity contribution in [2.45, 2.75) is 25.3 Å². The van der Waals surface area contributed by atoms with Gasteiger partial charge in [-0.1, -0.05) is 12.1 Å². The van der Waals surface area contributed by atoms with Crippen LogP contribution in [0.3, 0.4) is 0 Å². The number of carbonyl (C=O) groups excluding carboxylic acids is 1. The van der Waals surface area contributed by atoms with Gasteiger partial charge in [0.1, 0.15) is 5.01 Å². The smallest absolute Gasteiger partial charge is 0.254 e. The van der Waals surface area contributed by atoms with Crippen molar-refractivity contribution < 1.29 is 14.3 Å². The maximum Gasteiger partial charge on any atom is 0.254 e. The first-order chi connectivity index (χ1) is 12.8. The molecule has 1 amide bonds. The number of hydrogen-bond donors (Lipinski definition) is 0. The Bertz CT molecular complexity index is 951. The Balaban J connectivity index is 1.48. The molecule has 0 saturated carbocycles. The number of para-hydroxylation sites is 1. The van der Waals surface area contributed by atoms with E-state index < -0.39 is 0 Å². The van der Waals surface area contributed by atoms with Crippen molar-refractivity contribution in [1.82, 2.24) is 9.88 Å². The fourth-order valence-corrected chi connectivity index (χ4v) is 4.77. The zero-order valence-corrected chi connectivity index (χ0v) is 15.0. The van der Waals surface area contributed by atoms with Gasteiger partial charge in [0.15, 0.2) is 11.5 Å². The Labute approximate surface area is 155 Å². The molecular formula is C20H18N2O3S. The molecule has 0 bridgehead atoms. The number of carbonyl (C=O) groups is 1. The molecule has 132 valence electrons. The van der Waals surface area contributed by atoms with E-state index >= 15 is 0 Å². The second-order valence-electron chi connectivity index (χ2n) is 6.60. The van der Waals surface area contributed by atoms with Crippen molar-refractivity contribution in [3.63, 3.8) is 0 Å². The second kappa shape index (κ2) is 6.29. The number of benzene rings is 2. The molecule has 0 N–H and O–H groups in total. The van der Waals surface area contributed by atoms with E-state index in [1.807, 2.05) is 35.2 Å². The van der Waals surface area contributed by atoms with E-state index in [1.54, 1.807) is 17.4 Å². The fraction of sp³-hybridized carbons (Fsp3) is 0.300. The molecule has 5 rings (SSSR count). The summed E-state index contributed by atoms with van der Waals surface area (Å²) in [6, 6.07) is 13.6. The van der Waals surface area contributed by atoms with Gasteiger partial charge in [-0.05, 0) is 49.6 Å². The minimum atomic E-state index is 0.0345. The number of rotatable bonds is 2. The largest absolute Gasteiger partial charge is 0.454 e. The van der Waals surface area contributed by atoms with Gasteiger partial charge < -0.3 is 14.4 Å². The second-order valence-corrected chi connectivity index (χ2v) is 7.66. The number of amides is 1. The quantitative estimate of drug-likeness (QED) is 0.675. The lowest BCUT2D eigenvalue weighted by molar-refractivity contribution is 0.0611. The van der Waals surface area contributed by atoms with Gasteiger partial charge in [-0.2, -0.15) is 0 Å². The Hall–Kier alpha value is -2.60. The molecule has 1 saturated heterocycles. The van der Waals surface area contributed by atoms with Gasteiger partial charge in [-0.25, -0.2) is 4.98 Å². The normalized spacial score (nSPS) is 19.1. The molecule has 2 aliphatic rings. The van der Waals surface area contributed by atoms with Crippen molar-refractivity contribution in [3.05, 3.63) is 53.0 Å². The van der Waals surface area contributed by atoms with E-state index in [0.717, 1.165) is 36.3 Å². The minimum Gasteiger partial charge on any atom is -0.454 e. The summed E-state index contributed by atoms with van der Waals surface area (Å²) < 4.78 is 11.9. The van der Waals surface area contributed by atoms with Gasteiger partial charge >= 0.3 is 0 Å². The number of aromatic nitrogens is 1. The minimum absolute atomic E-state index is 0.0345. The van der Waals surface area contributed by atoms with Crippen molar-refractivity contribution >= 4 is 27.5 Å². The molecule has 2 aliphatic heterocycles. The van der Waals surface area contributed by atoms with Crippen LogP contribution in [0.5, 0.6) is 11.5 Å². The van der Waals surface area contributed by atoms with Gasteiger partial charge in [0, 0.05) is 12.1 Å². The first kappa shape index (κ1) is 15.6. The highest BCUT2D eigenvalue weighted by Gasteiger charge is 2.31. The molecule has 0 aliphatic carbocycles. The van der Waals surface area contributed by atoms with Crippen molar-refractivity contribution in [1.29, 1.82) is 0 Å². The van der Waals surface area contributed by atoms with Crippen LogP contribution in [0, 0.1) is 0 Å². The van der Waals surface area contributed by atoms with Crippen LogP contribution >= 0.6 is 11.3 Å². The molecule has 1 unspecified atom stereocenters. The summed E-state index contributed by atoms with van der Waals surface area (Å²) in [4.78, 5) is 20.0. The first-order valence-electron chi connectivity index (χ1n) is 8.86. The first-order valence-corrected chi connectivity index (χ1v) is 9.67. The topological polar surface area (TPSA) is 51.7 Å². The molecule has 1 aromatic heterocycles. The lowest BCUT2D eigenvalue weighted by atomic mass is 10.0. The van der Waals surface area contributed by atoms with E-state index in [2.05, 4.69) is 6.07 Å². The van der Waals surface area contributed by atoms with Crippen molar-refractivity contribution in [2.75, 3.05) is 13.3 Å². The summed E-state index contributed by atoms with van der Waals surface area (Å²) in [5.74, 6) is 1.37. The number of hydrogen-bond acceptors (Lipinski definition) is 5. The number of piperidine rings is 1. The van der Waals surface area contributed by atoms with Crippen LogP contribution in [0.25, 0.3) is 10.2 Å². The number of fused-ring (bicyclic) bond motifs is 2. The van der Waals surface area contributed by atoms with Crippen LogP contribution in [0.4, 0.5) is 0 Å². The number of nitrogens with zero attached hydrogens (tertiary/aromatic N) is 2. The lowest BCUT2D eigenvalue weighted by Crippen LogP contribution is -2.38. The summed E-state index contributed by atoms with van der Waals surface area (Å²) in [7, 11) is 0. The Morgan fingerprint density at radius 3 is 2.92 bits per heavy atom. The fourth-order valence-electron chi connectivity index (χ4n) is 3.66. The third kappa shape index (κ3) is 2.61. The molecule has 6 heteroatoms. The molecule has 0 spiro atoms.